The maximum absolute atomic E-state index is 13.1. The number of ketones is 1. The Bertz CT molecular complexity index is 1240. The van der Waals surface area contributed by atoms with Crippen LogP contribution in [-0.4, -0.2) is 79.2 Å². The van der Waals surface area contributed by atoms with Gasteiger partial charge in [0.1, 0.15) is 12.6 Å². The maximum Gasteiger partial charge on any atom is 0.407 e. The number of nitrogens with one attached hydrogen (secondary N) is 4. The van der Waals surface area contributed by atoms with E-state index in [4.69, 9.17) is 13.8 Å². The zero-order valence-electron chi connectivity index (χ0n) is 29.0. The Morgan fingerprint density at radius 3 is 2.30 bits per heavy atom. The lowest BCUT2D eigenvalue weighted by Crippen LogP contribution is -2.54. The molecule has 2 fully saturated rings. The number of carboxylic acid groups (broad SMARTS) is 1. The third-order valence-electron chi connectivity index (χ3n) is 9.15. The minimum atomic E-state index is -2.80. The number of ether oxygens (including phenoxy) is 1. The lowest BCUT2D eigenvalue weighted by atomic mass is 9.88. The first-order valence-corrected chi connectivity index (χ1v) is 19.3. The predicted molar refractivity (Wildman–Crippen MR) is 187 cm³/mol. The van der Waals surface area contributed by atoms with Gasteiger partial charge >= 0.3 is 20.3 Å². The van der Waals surface area contributed by atoms with Crippen LogP contribution in [0.4, 0.5) is 4.79 Å². The highest BCUT2D eigenvalue weighted by molar-refractivity contribution is 7.33. The summed E-state index contributed by atoms with van der Waals surface area (Å²) < 4.78 is 27.6. The molecule has 50 heavy (non-hydrogen) atoms. The quantitative estimate of drug-likeness (QED) is 0.0576. The Morgan fingerprint density at radius 1 is 0.880 bits per heavy atom. The molecule has 0 bridgehead atoms. The highest BCUT2D eigenvalue weighted by atomic mass is 31.1. The van der Waals surface area contributed by atoms with E-state index in [0.717, 1.165) is 56.9 Å². The number of hydrogen-bond acceptors (Lipinski definition) is 10. The van der Waals surface area contributed by atoms with Crippen LogP contribution in [0.25, 0.3) is 0 Å². The summed E-state index contributed by atoms with van der Waals surface area (Å²) in [7, 11) is -2.80. The van der Waals surface area contributed by atoms with Crippen molar-refractivity contribution in [3.8, 4) is 0 Å². The monoisotopic (exact) mass is 722 g/mol. The van der Waals surface area contributed by atoms with Crippen molar-refractivity contribution >= 4 is 37.9 Å². The first kappa shape index (κ1) is 41.1. The average molecular weight is 723 g/mol. The van der Waals surface area contributed by atoms with Crippen LogP contribution in [0.5, 0.6) is 0 Å². The van der Waals surface area contributed by atoms with E-state index in [1.807, 2.05) is 30.3 Å². The summed E-state index contributed by atoms with van der Waals surface area (Å²) in [5, 5.41) is 20.9. The van der Waals surface area contributed by atoms with Gasteiger partial charge in [-0.3, -0.25) is 24.3 Å². The zero-order chi connectivity index (χ0) is 36.0. The van der Waals surface area contributed by atoms with Crippen LogP contribution >= 0.6 is 8.25 Å². The molecule has 1 aromatic carbocycles. The molecule has 0 spiro atoms. The van der Waals surface area contributed by atoms with E-state index in [2.05, 4.69) is 21.3 Å². The molecule has 1 aromatic rings. The lowest BCUT2D eigenvalue weighted by molar-refractivity contribution is -0.149. The van der Waals surface area contributed by atoms with Crippen LogP contribution in [0, 0.1) is 5.92 Å². The number of Topliss-reactive ketones (excluding diaryl/α,β-unsaturated/α-hetero) is 1. The fraction of sp³-hybridized carbons (Fsp3) is 0.686. The van der Waals surface area contributed by atoms with Crippen molar-refractivity contribution < 1.29 is 47.4 Å². The maximum atomic E-state index is 13.1. The van der Waals surface area contributed by atoms with Gasteiger partial charge in [-0.2, -0.15) is 0 Å². The van der Waals surface area contributed by atoms with Crippen molar-refractivity contribution in [3.05, 3.63) is 35.9 Å². The first-order valence-electron chi connectivity index (χ1n) is 18.0. The minimum absolute atomic E-state index is 0.0653. The Balaban J connectivity index is 1.26. The van der Waals surface area contributed by atoms with Crippen LogP contribution in [0.15, 0.2) is 30.3 Å². The van der Waals surface area contributed by atoms with Gasteiger partial charge in [-0.25, -0.2) is 9.59 Å². The Hall–Kier alpha value is -3.32. The van der Waals surface area contributed by atoms with Crippen molar-refractivity contribution in [3.63, 3.8) is 0 Å². The SMILES string of the molecule is O=C(NCCCC[C@H](NC(=O)C1CCCCC1)C(=O)NCCCCCCO[PH](=O)OCCC(=O)[C@]1(C(=O)O)CCCN1)OCc1ccccc1. The van der Waals surface area contributed by atoms with E-state index < -0.39 is 37.7 Å². The van der Waals surface area contributed by atoms with E-state index in [1.165, 1.54) is 0 Å². The molecule has 5 N–H and O–H groups in total. The minimum Gasteiger partial charge on any atom is -0.480 e. The number of carboxylic acids is 1. The molecule has 1 aliphatic carbocycles. The number of rotatable bonds is 24. The second-order valence-corrected chi connectivity index (χ2v) is 14.0. The molecule has 1 saturated carbocycles. The second-order valence-electron chi connectivity index (χ2n) is 12.9. The van der Waals surface area contributed by atoms with Gasteiger partial charge in [0.2, 0.25) is 11.8 Å². The van der Waals surface area contributed by atoms with E-state index in [1.54, 1.807) is 0 Å². The molecule has 1 saturated heterocycles. The Kier molecular flexibility index (Phi) is 19.1. The molecule has 0 radical (unpaired) electrons. The number of alkyl carbamates (subject to hydrolysis) is 1. The third kappa shape index (κ3) is 14.9. The molecule has 0 aromatic heterocycles. The summed E-state index contributed by atoms with van der Waals surface area (Å²) >= 11 is 0. The molecule has 1 heterocycles. The number of benzene rings is 1. The molecule has 2 aliphatic rings. The van der Waals surface area contributed by atoms with Crippen LogP contribution in [0.1, 0.15) is 102 Å². The summed E-state index contributed by atoms with van der Waals surface area (Å²) in [6.07, 6.45) is 9.64. The molecular formula is C35H55N4O10P. The molecule has 1 unspecified atom stereocenters. The van der Waals surface area contributed by atoms with Crippen molar-refractivity contribution in [2.24, 2.45) is 5.92 Å². The molecule has 3 amide bonds. The Labute approximate surface area is 295 Å². The lowest BCUT2D eigenvalue weighted by Gasteiger charge is -2.24. The van der Waals surface area contributed by atoms with Crippen molar-refractivity contribution in [2.45, 2.75) is 114 Å². The van der Waals surface area contributed by atoms with Gasteiger partial charge in [0, 0.05) is 25.4 Å². The summed E-state index contributed by atoms with van der Waals surface area (Å²) in [6, 6.07) is 8.76. The molecule has 14 nitrogen and oxygen atoms in total. The predicted octanol–water partition coefficient (Wildman–Crippen LogP) is 4.41. The number of amides is 3. The fourth-order valence-electron chi connectivity index (χ4n) is 6.20. The zero-order valence-corrected chi connectivity index (χ0v) is 30.0. The normalized spacial score (nSPS) is 18.9. The van der Waals surface area contributed by atoms with E-state index in [0.29, 0.717) is 51.7 Å². The van der Waals surface area contributed by atoms with Crippen molar-refractivity contribution in [1.82, 2.24) is 21.3 Å². The van der Waals surface area contributed by atoms with Crippen LogP contribution < -0.4 is 21.3 Å². The van der Waals surface area contributed by atoms with Crippen molar-refractivity contribution in [1.29, 1.82) is 0 Å². The van der Waals surface area contributed by atoms with Gasteiger partial charge in [-0.15, -0.1) is 0 Å². The number of carbonyl (C=O) groups excluding carboxylic acids is 4. The van der Waals surface area contributed by atoms with Crippen LogP contribution in [-0.2, 0) is 44.1 Å². The van der Waals surface area contributed by atoms with Gasteiger partial charge < -0.3 is 34.8 Å². The highest BCUT2D eigenvalue weighted by Gasteiger charge is 2.47. The van der Waals surface area contributed by atoms with Gasteiger partial charge in [0.15, 0.2) is 11.3 Å². The summed E-state index contributed by atoms with van der Waals surface area (Å²) in [6.45, 7) is 1.54. The number of hydrogen-bond donors (Lipinski definition) is 5. The van der Waals surface area contributed by atoms with Gasteiger partial charge in [-0.1, -0.05) is 62.4 Å². The smallest absolute Gasteiger partial charge is 0.407 e. The molecule has 3 atom stereocenters. The van der Waals surface area contributed by atoms with Gasteiger partial charge in [-0.05, 0) is 69.9 Å². The van der Waals surface area contributed by atoms with Gasteiger partial charge in [0.05, 0.1) is 13.2 Å². The second kappa shape index (κ2) is 23.2. The number of carbonyl (C=O) groups is 5. The molecule has 15 heteroatoms. The standard InChI is InChI=1S/C35H55N4O10P/c40-30(35(33(43)44)20-13-23-38-35)19-25-49-50(46)48-24-12-2-1-10-21-36-32(42)29(39-31(41)28-16-7-4-8-17-28)18-9-11-22-37-34(45)47-26-27-14-5-3-6-15-27/h3,5-6,14-15,28-29,38,50H,1-2,4,7-13,16-26H2,(H,36,42)(H,37,45)(H,39,41)(H,43,44)/t29-,35-/m0/s1. The van der Waals surface area contributed by atoms with Gasteiger partial charge in [0.25, 0.3) is 0 Å². The van der Waals surface area contributed by atoms with Crippen molar-refractivity contribution in [2.75, 3.05) is 32.8 Å². The average Bonchev–Trinajstić information content (AvgIpc) is 3.64. The Morgan fingerprint density at radius 2 is 1.58 bits per heavy atom. The first-order chi connectivity index (χ1) is 24.2. The summed E-state index contributed by atoms with van der Waals surface area (Å²) in [5.74, 6) is -2.06. The van der Waals surface area contributed by atoms with E-state index in [-0.39, 0.29) is 50.4 Å². The highest BCUT2D eigenvalue weighted by Crippen LogP contribution is 2.27. The van der Waals surface area contributed by atoms with Crippen LogP contribution in [0.3, 0.4) is 0 Å². The summed E-state index contributed by atoms with van der Waals surface area (Å²) in [5.41, 5.74) is -0.680. The van der Waals surface area contributed by atoms with Crippen LogP contribution in [0.2, 0.25) is 0 Å². The number of aliphatic carboxylic acids is 1. The third-order valence-corrected chi connectivity index (χ3v) is 10.0. The van der Waals surface area contributed by atoms with E-state index in [9.17, 15) is 33.6 Å². The largest absolute Gasteiger partial charge is 0.480 e. The van der Waals surface area contributed by atoms with E-state index >= 15 is 0 Å². The molecular weight excluding hydrogens is 667 g/mol. The fourth-order valence-corrected chi connectivity index (χ4v) is 6.86. The summed E-state index contributed by atoms with van der Waals surface area (Å²) in [4.78, 5) is 62.0. The molecule has 3 rings (SSSR count). The number of unbranched alkanes of at least 4 members (excludes halogenated alkanes) is 4. The molecule has 280 valence electrons. The molecule has 1 aliphatic heterocycles. The topological polar surface area (TPSA) is 198 Å².